The number of carbonyl (C=O) groups is 1. The lowest BCUT2D eigenvalue weighted by atomic mass is 9.79. The van der Waals surface area contributed by atoms with Crippen molar-refractivity contribution in [2.45, 2.75) is 57.0 Å². The van der Waals surface area contributed by atoms with Gasteiger partial charge in [-0.05, 0) is 66.5 Å². The van der Waals surface area contributed by atoms with Crippen LogP contribution in [-0.4, -0.2) is 29.4 Å². The topological polar surface area (TPSA) is 56.1 Å². The Kier molecular flexibility index (Phi) is 6.66. The van der Waals surface area contributed by atoms with E-state index in [1.54, 1.807) is 17.4 Å². The van der Waals surface area contributed by atoms with Crippen molar-refractivity contribution in [3.63, 3.8) is 0 Å². The highest BCUT2D eigenvalue weighted by molar-refractivity contribution is 7.10. The summed E-state index contributed by atoms with van der Waals surface area (Å²) in [6.45, 7) is 2.92. The quantitative estimate of drug-likeness (QED) is 0.678. The number of amides is 1. The molecule has 0 unspecified atom stereocenters. The molecule has 0 bridgehead atoms. The zero-order valence-corrected chi connectivity index (χ0v) is 18.2. The molecule has 2 aliphatic rings. The molecule has 5 heteroatoms. The highest BCUT2D eigenvalue weighted by atomic mass is 32.1. The summed E-state index contributed by atoms with van der Waals surface area (Å²) in [7, 11) is 0. The van der Waals surface area contributed by atoms with Crippen LogP contribution in [-0.2, 0) is 17.8 Å². The van der Waals surface area contributed by atoms with E-state index >= 15 is 0 Å². The Bertz CT molecular complexity index is 936. The summed E-state index contributed by atoms with van der Waals surface area (Å²) in [5, 5.41) is 14.6. The first-order valence-electron chi connectivity index (χ1n) is 10.9. The van der Waals surface area contributed by atoms with Gasteiger partial charge in [-0.3, -0.25) is 9.69 Å². The predicted octanol–water partition coefficient (Wildman–Crippen LogP) is 4.90. The van der Waals surface area contributed by atoms with Gasteiger partial charge < -0.3 is 5.32 Å². The van der Waals surface area contributed by atoms with Gasteiger partial charge in [0.1, 0.15) is 0 Å². The van der Waals surface area contributed by atoms with Crippen LogP contribution < -0.4 is 5.32 Å². The molecular weight excluding hydrogens is 390 g/mol. The van der Waals surface area contributed by atoms with Gasteiger partial charge in [0.25, 0.3) is 0 Å². The van der Waals surface area contributed by atoms with E-state index in [1.165, 1.54) is 30.4 Å². The third-order valence-electron chi connectivity index (χ3n) is 6.47. The Labute approximate surface area is 183 Å². The number of carbonyl (C=O) groups excluding carboxylic acids is 1. The molecule has 1 aromatic heterocycles. The minimum atomic E-state index is -0.0934. The van der Waals surface area contributed by atoms with Crippen molar-refractivity contribution in [2.24, 2.45) is 0 Å². The molecule has 2 heterocycles. The lowest BCUT2D eigenvalue weighted by Gasteiger charge is -2.40. The van der Waals surface area contributed by atoms with Crippen LogP contribution in [0.15, 0.2) is 41.8 Å². The molecule has 2 aromatic rings. The normalized spacial score (nSPS) is 18.6. The fraction of sp³-hybridized carbons (Fsp3) is 0.440. The molecule has 4 rings (SSSR count). The van der Waals surface area contributed by atoms with Crippen molar-refractivity contribution >= 4 is 23.3 Å². The molecule has 0 spiro atoms. The largest absolute Gasteiger partial charge is 0.347 e. The van der Waals surface area contributed by atoms with Gasteiger partial charge in [-0.1, -0.05) is 31.4 Å². The Morgan fingerprint density at radius 1 is 1.23 bits per heavy atom. The Hall–Kier alpha value is -2.42. The summed E-state index contributed by atoms with van der Waals surface area (Å²) >= 11 is 1.64. The number of thiophene rings is 1. The zero-order valence-electron chi connectivity index (χ0n) is 17.4. The summed E-state index contributed by atoms with van der Waals surface area (Å²) in [5.74, 6) is 0.0213. The third-order valence-corrected chi connectivity index (χ3v) is 7.31. The number of nitriles is 1. The van der Waals surface area contributed by atoms with E-state index in [2.05, 4.69) is 22.4 Å². The molecule has 1 aliphatic heterocycles. The minimum Gasteiger partial charge on any atom is -0.347 e. The van der Waals surface area contributed by atoms with Crippen molar-refractivity contribution in [3.05, 3.63) is 63.4 Å². The molecule has 4 nitrogen and oxygen atoms in total. The third kappa shape index (κ3) is 5.19. The number of hydrogen-bond donors (Lipinski definition) is 1. The van der Waals surface area contributed by atoms with Crippen LogP contribution in [0.3, 0.4) is 0 Å². The zero-order chi connectivity index (χ0) is 20.8. The van der Waals surface area contributed by atoms with E-state index in [-0.39, 0.29) is 11.4 Å². The fourth-order valence-corrected chi connectivity index (χ4v) is 5.38. The van der Waals surface area contributed by atoms with Crippen LogP contribution in [0.25, 0.3) is 6.08 Å². The molecule has 0 atom stereocenters. The van der Waals surface area contributed by atoms with E-state index in [4.69, 9.17) is 0 Å². The summed E-state index contributed by atoms with van der Waals surface area (Å²) in [6, 6.07) is 12.3. The second-order valence-corrected chi connectivity index (χ2v) is 9.53. The van der Waals surface area contributed by atoms with Crippen molar-refractivity contribution < 1.29 is 4.79 Å². The molecule has 1 amide bonds. The highest BCUT2D eigenvalue weighted by Crippen LogP contribution is 2.32. The monoisotopic (exact) mass is 419 g/mol. The maximum atomic E-state index is 12.7. The van der Waals surface area contributed by atoms with Crippen LogP contribution in [0.1, 0.15) is 60.1 Å². The predicted molar refractivity (Wildman–Crippen MR) is 122 cm³/mol. The first-order valence-corrected chi connectivity index (χ1v) is 11.8. The molecular formula is C25H29N3OS. The van der Waals surface area contributed by atoms with Crippen molar-refractivity contribution in [2.75, 3.05) is 13.1 Å². The second-order valence-electron chi connectivity index (χ2n) is 8.55. The first-order chi connectivity index (χ1) is 14.7. The molecule has 1 N–H and O–H groups in total. The van der Waals surface area contributed by atoms with Crippen LogP contribution in [0.4, 0.5) is 0 Å². The van der Waals surface area contributed by atoms with Crippen molar-refractivity contribution in [1.29, 1.82) is 5.26 Å². The smallest absolute Gasteiger partial charge is 0.244 e. The fourth-order valence-electron chi connectivity index (χ4n) is 4.76. The average molecular weight is 420 g/mol. The van der Waals surface area contributed by atoms with Crippen LogP contribution in [0, 0.1) is 11.3 Å². The molecule has 1 aromatic carbocycles. The van der Waals surface area contributed by atoms with E-state index in [9.17, 15) is 10.1 Å². The van der Waals surface area contributed by atoms with E-state index in [0.717, 1.165) is 55.8 Å². The van der Waals surface area contributed by atoms with Gasteiger partial charge in [0, 0.05) is 36.1 Å². The number of benzene rings is 1. The van der Waals surface area contributed by atoms with Crippen LogP contribution in [0.5, 0.6) is 0 Å². The lowest BCUT2D eigenvalue weighted by molar-refractivity contribution is -0.118. The maximum absolute atomic E-state index is 12.7. The van der Waals surface area contributed by atoms with Gasteiger partial charge in [0.15, 0.2) is 0 Å². The lowest BCUT2D eigenvalue weighted by Crippen LogP contribution is -2.51. The molecule has 1 fully saturated rings. The van der Waals surface area contributed by atoms with Gasteiger partial charge in [0.2, 0.25) is 5.91 Å². The SMILES string of the molecule is N#Cc1ccc2c(c1)CN(CCC1(NC(=O)/C=C/c3cccs3)CCCCC1)CC2. The Morgan fingerprint density at radius 3 is 2.87 bits per heavy atom. The Balaban J connectivity index is 1.38. The van der Waals surface area contributed by atoms with Crippen molar-refractivity contribution in [3.8, 4) is 6.07 Å². The van der Waals surface area contributed by atoms with Gasteiger partial charge in [-0.2, -0.15) is 5.26 Å². The number of nitrogens with one attached hydrogen (secondary N) is 1. The number of hydrogen-bond acceptors (Lipinski definition) is 4. The molecule has 156 valence electrons. The van der Waals surface area contributed by atoms with E-state index < -0.39 is 0 Å². The van der Waals surface area contributed by atoms with Gasteiger partial charge in [-0.15, -0.1) is 11.3 Å². The van der Waals surface area contributed by atoms with Crippen molar-refractivity contribution in [1.82, 2.24) is 10.2 Å². The summed E-state index contributed by atoms with van der Waals surface area (Å²) in [6.07, 6.45) is 11.4. The summed E-state index contributed by atoms with van der Waals surface area (Å²) in [4.78, 5) is 16.2. The molecule has 1 aliphatic carbocycles. The van der Waals surface area contributed by atoms with E-state index in [1.807, 2.05) is 35.7 Å². The molecule has 1 saturated carbocycles. The maximum Gasteiger partial charge on any atom is 0.244 e. The van der Waals surface area contributed by atoms with Gasteiger partial charge in [0.05, 0.1) is 11.6 Å². The van der Waals surface area contributed by atoms with Crippen LogP contribution >= 0.6 is 11.3 Å². The minimum absolute atomic E-state index is 0.0213. The average Bonchev–Trinajstić information content (AvgIpc) is 3.30. The number of fused-ring (bicyclic) bond motifs is 1. The molecule has 0 radical (unpaired) electrons. The highest BCUT2D eigenvalue weighted by Gasteiger charge is 2.33. The van der Waals surface area contributed by atoms with E-state index in [0.29, 0.717) is 0 Å². The van der Waals surface area contributed by atoms with Gasteiger partial charge in [-0.25, -0.2) is 0 Å². The molecule has 30 heavy (non-hydrogen) atoms. The number of rotatable bonds is 6. The first kappa shape index (κ1) is 20.8. The second kappa shape index (κ2) is 9.59. The standard InChI is InChI=1S/C25H29N3OS/c26-18-20-6-7-21-10-14-28(19-22(21)17-20)15-13-25(11-2-1-3-12-25)27-24(29)9-8-23-5-4-16-30-23/h4-9,16-17H,1-3,10-15,19H2,(H,27,29)/b9-8+. The molecule has 0 saturated heterocycles. The Morgan fingerprint density at radius 2 is 2.10 bits per heavy atom. The number of nitrogens with zero attached hydrogens (tertiary/aromatic N) is 2. The van der Waals surface area contributed by atoms with Gasteiger partial charge >= 0.3 is 0 Å². The summed E-state index contributed by atoms with van der Waals surface area (Å²) < 4.78 is 0. The van der Waals surface area contributed by atoms with Crippen LogP contribution in [0.2, 0.25) is 0 Å². The summed E-state index contributed by atoms with van der Waals surface area (Å²) in [5.41, 5.74) is 3.29.